The lowest BCUT2D eigenvalue weighted by molar-refractivity contribution is -0.153. The zero-order valence-electron chi connectivity index (χ0n) is 14.5. The van der Waals surface area contributed by atoms with E-state index in [4.69, 9.17) is 4.74 Å². The number of nitrogens with zero attached hydrogens (tertiary/aromatic N) is 2. The second kappa shape index (κ2) is 5.60. The molecule has 1 amide bonds. The fraction of sp³-hybridized carbons (Fsp3) is 0.556. The highest BCUT2D eigenvalue weighted by molar-refractivity contribution is 6.05. The first-order chi connectivity index (χ1) is 12.9. The minimum absolute atomic E-state index is 0.0539. The van der Waals surface area contributed by atoms with Crippen LogP contribution < -0.4 is 10.1 Å². The van der Waals surface area contributed by atoms with Gasteiger partial charge in [0.25, 0.3) is 5.91 Å². The van der Waals surface area contributed by atoms with Gasteiger partial charge in [-0.1, -0.05) is 0 Å². The Balaban J connectivity index is 1.34. The molecule has 0 bridgehead atoms. The summed E-state index contributed by atoms with van der Waals surface area (Å²) in [5.74, 6) is 0.244. The van der Waals surface area contributed by atoms with E-state index in [2.05, 4.69) is 20.4 Å². The smallest absolute Gasteiger partial charge is 0.422 e. The average Bonchev–Trinajstić information content (AvgIpc) is 3.03. The van der Waals surface area contributed by atoms with Crippen LogP contribution in [0, 0.1) is 5.92 Å². The van der Waals surface area contributed by atoms with Crippen LogP contribution in [0.25, 0.3) is 10.9 Å². The number of ether oxygens (including phenoxy) is 1. The van der Waals surface area contributed by atoms with Crippen molar-refractivity contribution in [3.63, 3.8) is 0 Å². The zero-order valence-corrected chi connectivity index (χ0v) is 14.5. The fourth-order valence-corrected chi connectivity index (χ4v) is 4.92. The van der Waals surface area contributed by atoms with E-state index in [1.54, 1.807) is 6.07 Å². The number of nitrogens with one attached hydrogen (secondary N) is 2. The molecule has 3 aliphatic rings. The van der Waals surface area contributed by atoms with E-state index in [0.29, 0.717) is 22.4 Å². The number of fused-ring (bicyclic) bond motifs is 1. The third-order valence-corrected chi connectivity index (χ3v) is 6.39. The van der Waals surface area contributed by atoms with Crippen LogP contribution in [-0.4, -0.2) is 58.5 Å². The maximum atomic E-state index is 12.8. The van der Waals surface area contributed by atoms with Crippen molar-refractivity contribution in [2.24, 2.45) is 5.92 Å². The Morgan fingerprint density at radius 2 is 2.26 bits per heavy atom. The van der Waals surface area contributed by atoms with Crippen molar-refractivity contribution in [1.29, 1.82) is 0 Å². The number of aromatic amines is 1. The third-order valence-electron chi connectivity index (χ3n) is 6.39. The summed E-state index contributed by atoms with van der Waals surface area (Å²) in [5.41, 5.74) is 1.07. The molecule has 0 radical (unpaired) electrons. The molecule has 144 valence electrons. The predicted octanol–water partition coefficient (Wildman–Crippen LogP) is 2.47. The van der Waals surface area contributed by atoms with E-state index in [1.807, 2.05) is 0 Å². The number of halogens is 3. The Hall–Kier alpha value is -2.29. The van der Waals surface area contributed by atoms with Crippen LogP contribution >= 0.6 is 0 Å². The summed E-state index contributed by atoms with van der Waals surface area (Å²) in [7, 11) is 0. The minimum atomic E-state index is -4.42. The summed E-state index contributed by atoms with van der Waals surface area (Å²) in [4.78, 5) is 15.2. The number of H-pyrrole nitrogens is 1. The molecule has 3 heterocycles. The molecule has 3 fully saturated rings. The van der Waals surface area contributed by atoms with Crippen molar-refractivity contribution in [2.75, 3.05) is 19.7 Å². The number of hydrogen-bond donors (Lipinski definition) is 2. The quantitative estimate of drug-likeness (QED) is 0.855. The lowest BCUT2D eigenvalue weighted by Crippen LogP contribution is -2.64. The fourth-order valence-electron chi connectivity index (χ4n) is 4.92. The van der Waals surface area contributed by atoms with Crippen molar-refractivity contribution in [3.05, 3.63) is 23.9 Å². The summed E-state index contributed by atoms with van der Waals surface area (Å²) in [6.07, 6.45) is -0.885. The van der Waals surface area contributed by atoms with Crippen LogP contribution in [-0.2, 0) is 0 Å². The van der Waals surface area contributed by atoms with Crippen LogP contribution in [0.15, 0.2) is 18.2 Å². The Labute approximate surface area is 153 Å². The average molecular weight is 380 g/mol. The van der Waals surface area contributed by atoms with Crippen molar-refractivity contribution in [2.45, 2.75) is 37.0 Å². The van der Waals surface area contributed by atoms with Crippen molar-refractivity contribution in [1.82, 2.24) is 20.4 Å². The number of hydrogen-bond acceptors (Lipinski definition) is 4. The highest BCUT2D eigenvalue weighted by atomic mass is 19.4. The van der Waals surface area contributed by atoms with Crippen molar-refractivity contribution < 1.29 is 22.7 Å². The van der Waals surface area contributed by atoms with Gasteiger partial charge in [-0.25, -0.2) is 0 Å². The molecule has 1 saturated carbocycles. The minimum Gasteiger partial charge on any atom is -0.484 e. The lowest BCUT2D eigenvalue weighted by atomic mass is 9.61. The molecule has 1 aromatic carbocycles. The van der Waals surface area contributed by atoms with E-state index < -0.39 is 12.8 Å². The van der Waals surface area contributed by atoms with Crippen molar-refractivity contribution >= 4 is 16.8 Å². The standard InChI is InChI=1S/C18H19F3N4O2/c19-18(20,21)9-27-10-1-2-13-11(7-10)15(24-23-13)16(26)22-14-8-25-6-5-17(25)4-3-12(14)17/h1-2,7,12,14H,3-6,8-9H2,(H,22,26)(H,23,24)/t12-,14-,17?/m1/s1. The highest BCUT2D eigenvalue weighted by Gasteiger charge is 2.63. The Morgan fingerprint density at radius 3 is 2.89 bits per heavy atom. The van der Waals surface area contributed by atoms with Gasteiger partial charge < -0.3 is 10.1 Å². The number of alkyl halides is 3. The second-order valence-electron chi connectivity index (χ2n) is 7.71. The summed E-state index contributed by atoms with van der Waals surface area (Å²) >= 11 is 0. The van der Waals surface area contributed by atoms with E-state index in [1.165, 1.54) is 25.0 Å². The van der Waals surface area contributed by atoms with Crippen LogP contribution in [0.3, 0.4) is 0 Å². The van der Waals surface area contributed by atoms with Crippen LogP contribution in [0.5, 0.6) is 5.75 Å². The number of aromatic nitrogens is 2. The molecular formula is C18H19F3N4O2. The molecule has 5 rings (SSSR count). The van der Waals surface area contributed by atoms with Gasteiger partial charge in [-0.2, -0.15) is 18.3 Å². The topological polar surface area (TPSA) is 70.2 Å². The molecular weight excluding hydrogens is 361 g/mol. The number of carbonyl (C=O) groups excluding carboxylic acids is 1. The molecule has 9 heteroatoms. The molecule has 2 saturated heterocycles. The predicted molar refractivity (Wildman–Crippen MR) is 90.5 cm³/mol. The van der Waals surface area contributed by atoms with Crippen LogP contribution in [0.1, 0.15) is 29.8 Å². The Kier molecular flexibility index (Phi) is 3.50. The first-order valence-electron chi connectivity index (χ1n) is 9.09. The first kappa shape index (κ1) is 16.9. The van der Waals surface area contributed by atoms with E-state index in [0.717, 1.165) is 19.5 Å². The number of rotatable bonds is 4. The van der Waals surface area contributed by atoms with Gasteiger partial charge in [-0.3, -0.25) is 14.8 Å². The maximum absolute atomic E-state index is 12.8. The second-order valence-corrected chi connectivity index (χ2v) is 7.71. The third kappa shape index (κ3) is 2.59. The number of carbonyl (C=O) groups is 1. The molecule has 3 atom stereocenters. The summed E-state index contributed by atoms with van der Waals surface area (Å²) in [5, 5.41) is 10.4. The molecule has 2 aromatic rings. The monoisotopic (exact) mass is 380 g/mol. The normalized spacial score (nSPS) is 29.6. The van der Waals surface area contributed by atoms with Gasteiger partial charge in [-0.15, -0.1) is 0 Å². The first-order valence-corrected chi connectivity index (χ1v) is 9.09. The van der Waals surface area contributed by atoms with E-state index in [9.17, 15) is 18.0 Å². The highest BCUT2D eigenvalue weighted by Crippen LogP contribution is 2.57. The molecule has 6 nitrogen and oxygen atoms in total. The van der Waals surface area contributed by atoms with Gasteiger partial charge in [0.2, 0.25) is 0 Å². The lowest BCUT2D eigenvalue weighted by Gasteiger charge is -2.58. The maximum Gasteiger partial charge on any atom is 0.422 e. The van der Waals surface area contributed by atoms with Gasteiger partial charge in [0.15, 0.2) is 12.3 Å². The van der Waals surface area contributed by atoms with E-state index >= 15 is 0 Å². The van der Waals surface area contributed by atoms with E-state index in [-0.39, 0.29) is 23.4 Å². The summed E-state index contributed by atoms with van der Waals surface area (Å²) in [6, 6.07) is 4.51. The molecule has 1 aliphatic carbocycles. The number of benzene rings is 1. The van der Waals surface area contributed by atoms with Crippen molar-refractivity contribution in [3.8, 4) is 5.75 Å². The van der Waals surface area contributed by atoms with Crippen LogP contribution in [0.4, 0.5) is 13.2 Å². The zero-order chi connectivity index (χ0) is 18.8. The number of amides is 1. The Morgan fingerprint density at radius 1 is 1.41 bits per heavy atom. The SMILES string of the molecule is O=C(N[C@@H]1CN2CCC23CC[C@H]13)c1n[nH]c2ccc(OCC(F)(F)F)cc12. The molecule has 2 aliphatic heterocycles. The van der Waals surface area contributed by atoms with Gasteiger partial charge in [0.1, 0.15) is 5.75 Å². The molecule has 2 N–H and O–H groups in total. The Bertz CT molecular complexity index is 908. The van der Waals surface area contributed by atoms with Gasteiger partial charge in [0.05, 0.1) is 5.52 Å². The summed E-state index contributed by atoms with van der Waals surface area (Å²) in [6.45, 7) is 0.576. The van der Waals surface area contributed by atoms with Gasteiger partial charge >= 0.3 is 6.18 Å². The summed E-state index contributed by atoms with van der Waals surface area (Å²) < 4.78 is 41.9. The molecule has 27 heavy (non-hydrogen) atoms. The molecule has 1 spiro atoms. The molecule has 1 aromatic heterocycles. The van der Waals surface area contributed by atoms with Gasteiger partial charge in [0, 0.05) is 30.1 Å². The molecule has 1 unspecified atom stereocenters. The largest absolute Gasteiger partial charge is 0.484 e. The van der Waals surface area contributed by atoms with Crippen LogP contribution in [0.2, 0.25) is 0 Å². The van der Waals surface area contributed by atoms with Gasteiger partial charge in [-0.05, 0) is 43.4 Å².